The van der Waals surface area contributed by atoms with Crippen molar-refractivity contribution < 1.29 is 18.6 Å². The molecule has 0 saturated heterocycles. The topological polar surface area (TPSA) is 29.5 Å². The SMILES string of the molecule is CC(C)C(O)COCC(F)F. The number of aliphatic hydroxyl groups excluding tert-OH is 1. The van der Waals surface area contributed by atoms with Gasteiger partial charge in [-0.25, -0.2) is 8.78 Å². The Morgan fingerprint density at radius 2 is 1.82 bits per heavy atom. The summed E-state index contributed by atoms with van der Waals surface area (Å²) in [6, 6.07) is 0. The second-order valence-electron chi connectivity index (χ2n) is 2.74. The van der Waals surface area contributed by atoms with E-state index in [2.05, 4.69) is 4.74 Å². The molecule has 0 radical (unpaired) electrons. The molecule has 0 saturated carbocycles. The Kier molecular flexibility index (Phi) is 5.32. The van der Waals surface area contributed by atoms with Gasteiger partial charge in [-0.3, -0.25) is 0 Å². The van der Waals surface area contributed by atoms with Crippen molar-refractivity contribution >= 4 is 0 Å². The molecule has 0 amide bonds. The molecule has 0 bridgehead atoms. The van der Waals surface area contributed by atoms with E-state index >= 15 is 0 Å². The van der Waals surface area contributed by atoms with E-state index < -0.39 is 19.1 Å². The van der Waals surface area contributed by atoms with Crippen molar-refractivity contribution in [1.82, 2.24) is 0 Å². The van der Waals surface area contributed by atoms with E-state index in [1.165, 1.54) is 0 Å². The molecule has 4 heteroatoms. The van der Waals surface area contributed by atoms with Crippen molar-refractivity contribution in [2.75, 3.05) is 13.2 Å². The number of rotatable bonds is 5. The van der Waals surface area contributed by atoms with E-state index in [1.807, 2.05) is 0 Å². The smallest absolute Gasteiger partial charge is 0.261 e. The first kappa shape index (κ1) is 10.8. The lowest BCUT2D eigenvalue weighted by Gasteiger charge is -2.13. The minimum atomic E-state index is -2.45. The van der Waals surface area contributed by atoms with Gasteiger partial charge in [-0.1, -0.05) is 13.8 Å². The van der Waals surface area contributed by atoms with Crippen molar-refractivity contribution in [2.45, 2.75) is 26.4 Å². The van der Waals surface area contributed by atoms with Gasteiger partial charge in [0.25, 0.3) is 6.43 Å². The first-order valence-corrected chi connectivity index (χ1v) is 3.58. The van der Waals surface area contributed by atoms with Gasteiger partial charge in [-0.05, 0) is 5.92 Å². The maximum Gasteiger partial charge on any atom is 0.261 e. The van der Waals surface area contributed by atoms with E-state index in [0.717, 1.165) is 0 Å². The zero-order valence-electron chi connectivity index (χ0n) is 6.76. The number of hydrogen-bond acceptors (Lipinski definition) is 2. The number of hydrogen-bond donors (Lipinski definition) is 1. The molecule has 11 heavy (non-hydrogen) atoms. The number of alkyl halides is 2. The third-order valence-electron chi connectivity index (χ3n) is 1.30. The fourth-order valence-electron chi connectivity index (χ4n) is 0.470. The number of ether oxygens (including phenoxy) is 1. The zero-order valence-corrected chi connectivity index (χ0v) is 6.76. The van der Waals surface area contributed by atoms with Crippen LogP contribution in [0, 0.1) is 5.92 Å². The van der Waals surface area contributed by atoms with Crippen LogP contribution in [0.15, 0.2) is 0 Å². The maximum atomic E-state index is 11.5. The van der Waals surface area contributed by atoms with Crippen molar-refractivity contribution in [1.29, 1.82) is 0 Å². The predicted octanol–water partition coefficient (Wildman–Crippen LogP) is 1.28. The molecule has 2 nitrogen and oxygen atoms in total. The number of aliphatic hydroxyl groups is 1. The summed E-state index contributed by atoms with van der Waals surface area (Å²) in [7, 11) is 0. The van der Waals surface area contributed by atoms with Gasteiger partial charge >= 0.3 is 0 Å². The molecule has 0 fully saturated rings. The maximum absolute atomic E-state index is 11.5. The van der Waals surface area contributed by atoms with E-state index in [-0.39, 0.29) is 12.5 Å². The summed E-state index contributed by atoms with van der Waals surface area (Å²) in [6.07, 6.45) is -3.09. The van der Waals surface area contributed by atoms with E-state index in [1.54, 1.807) is 13.8 Å². The molecule has 0 rings (SSSR count). The molecule has 1 atom stereocenters. The van der Waals surface area contributed by atoms with Crippen LogP contribution in [0.25, 0.3) is 0 Å². The average molecular weight is 168 g/mol. The molecule has 0 aliphatic heterocycles. The first-order chi connectivity index (χ1) is 5.04. The highest BCUT2D eigenvalue weighted by atomic mass is 19.3. The standard InChI is InChI=1S/C7H14F2O2/c1-5(2)6(10)3-11-4-7(8)9/h5-7,10H,3-4H2,1-2H3. The minimum Gasteiger partial charge on any atom is -0.390 e. The lowest BCUT2D eigenvalue weighted by molar-refractivity contribution is -0.0315. The van der Waals surface area contributed by atoms with Gasteiger partial charge in [-0.2, -0.15) is 0 Å². The van der Waals surface area contributed by atoms with Gasteiger partial charge in [0.05, 0.1) is 12.7 Å². The summed E-state index contributed by atoms with van der Waals surface area (Å²) in [5.41, 5.74) is 0. The van der Waals surface area contributed by atoms with E-state index in [4.69, 9.17) is 5.11 Å². The Hall–Kier alpha value is -0.220. The Morgan fingerprint density at radius 1 is 1.27 bits per heavy atom. The van der Waals surface area contributed by atoms with Crippen LogP contribution in [0.3, 0.4) is 0 Å². The van der Waals surface area contributed by atoms with Crippen LogP contribution in [0.5, 0.6) is 0 Å². The lowest BCUT2D eigenvalue weighted by Crippen LogP contribution is -2.23. The van der Waals surface area contributed by atoms with Gasteiger partial charge in [0, 0.05) is 0 Å². The first-order valence-electron chi connectivity index (χ1n) is 3.58. The molecule has 0 spiro atoms. The minimum absolute atomic E-state index is 0.0119. The average Bonchev–Trinajstić information content (AvgIpc) is 1.86. The molecule has 0 heterocycles. The van der Waals surface area contributed by atoms with Gasteiger partial charge < -0.3 is 9.84 Å². The van der Waals surface area contributed by atoms with Crippen LogP contribution < -0.4 is 0 Å². The van der Waals surface area contributed by atoms with E-state index in [9.17, 15) is 8.78 Å². The predicted molar refractivity (Wildman–Crippen MR) is 37.7 cm³/mol. The third kappa shape index (κ3) is 6.19. The largest absolute Gasteiger partial charge is 0.390 e. The molecule has 0 aromatic rings. The molecular formula is C7H14F2O2. The molecule has 0 aliphatic carbocycles. The Balaban J connectivity index is 3.24. The monoisotopic (exact) mass is 168 g/mol. The Morgan fingerprint density at radius 3 is 2.18 bits per heavy atom. The lowest BCUT2D eigenvalue weighted by atomic mass is 10.1. The molecule has 0 aromatic carbocycles. The normalized spacial score (nSPS) is 14.5. The summed E-state index contributed by atoms with van der Waals surface area (Å²) in [5, 5.41) is 9.07. The van der Waals surface area contributed by atoms with Gasteiger partial charge in [0.2, 0.25) is 0 Å². The Labute approximate surface area is 65.2 Å². The van der Waals surface area contributed by atoms with Crippen LogP contribution in [-0.4, -0.2) is 30.8 Å². The molecule has 68 valence electrons. The van der Waals surface area contributed by atoms with Crippen molar-refractivity contribution in [2.24, 2.45) is 5.92 Å². The van der Waals surface area contributed by atoms with Crippen LogP contribution in [-0.2, 0) is 4.74 Å². The van der Waals surface area contributed by atoms with Crippen molar-refractivity contribution in [3.63, 3.8) is 0 Å². The molecular weight excluding hydrogens is 154 g/mol. The summed E-state index contributed by atoms with van der Waals surface area (Å²) in [4.78, 5) is 0. The Bertz CT molecular complexity index is 96.4. The van der Waals surface area contributed by atoms with Gasteiger partial charge in [-0.15, -0.1) is 0 Å². The van der Waals surface area contributed by atoms with E-state index in [0.29, 0.717) is 0 Å². The third-order valence-corrected chi connectivity index (χ3v) is 1.30. The van der Waals surface area contributed by atoms with Crippen molar-refractivity contribution in [3.8, 4) is 0 Å². The van der Waals surface area contributed by atoms with Crippen molar-refractivity contribution in [3.05, 3.63) is 0 Å². The zero-order chi connectivity index (χ0) is 8.85. The van der Waals surface area contributed by atoms with Crippen LogP contribution in [0.4, 0.5) is 8.78 Å². The molecule has 1 unspecified atom stereocenters. The summed E-state index contributed by atoms with van der Waals surface area (Å²) in [5.74, 6) is 0.0488. The molecule has 1 N–H and O–H groups in total. The highest BCUT2D eigenvalue weighted by Gasteiger charge is 2.10. The second kappa shape index (κ2) is 5.43. The quantitative estimate of drug-likeness (QED) is 0.670. The van der Waals surface area contributed by atoms with Gasteiger partial charge in [0.15, 0.2) is 0 Å². The summed E-state index contributed by atoms with van der Waals surface area (Å²) in [6.45, 7) is 3.00. The van der Waals surface area contributed by atoms with Crippen LogP contribution >= 0.6 is 0 Å². The molecule has 0 aliphatic rings. The van der Waals surface area contributed by atoms with Crippen LogP contribution in [0.1, 0.15) is 13.8 Å². The fraction of sp³-hybridized carbons (Fsp3) is 1.00. The summed E-state index contributed by atoms with van der Waals surface area (Å²) >= 11 is 0. The highest BCUT2D eigenvalue weighted by molar-refractivity contribution is 4.57. The summed E-state index contributed by atoms with van der Waals surface area (Å²) < 4.78 is 27.5. The highest BCUT2D eigenvalue weighted by Crippen LogP contribution is 2.02. The molecule has 0 aromatic heterocycles. The van der Waals surface area contributed by atoms with Gasteiger partial charge in [0.1, 0.15) is 6.61 Å². The second-order valence-corrected chi connectivity index (χ2v) is 2.74. The number of halogens is 2. The van der Waals surface area contributed by atoms with Crippen LogP contribution in [0.2, 0.25) is 0 Å². The fourth-order valence-corrected chi connectivity index (χ4v) is 0.470.